The molecule has 1 fully saturated rings. The van der Waals surface area contributed by atoms with Crippen LogP contribution in [0.1, 0.15) is 36.3 Å². The summed E-state index contributed by atoms with van der Waals surface area (Å²) in [6.45, 7) is 10.5. The van der Waals surface area contributed by atoms with Crippen LogP contribution < -0.4 is 0 Å². The summed E-state index contributed by atoms with van der Waals surface area (Å²) in [6.07, 6.45) is 1.02. The first kappa shape index (κ1) is 17.7. The number of hydrogen-bond donors (Lipinski definition) is 0. The monoisotopic (exact) mass is 340 g/mol. The van der Waals surface area contributed by atoms with Crippen molar-refractivity contribution in [2.24, 2.45) is 0 Å². The molecule has 2 heterocycles. The maximum Gasteiger partial charge on any atom is 0.247 e. The summed E-state index contributed by atoms with van der Waals surface area (Å²) < 4.78 is 1.85. The molecule has 0 N–H and O–H groups in total. The fraction of sp³-hybridized carbons (Fsp3) is 0.500. The van der Waals surface area contributed by atoms with Crippen molar-refractivity contribution in [3.63, 3.8) is 0 Å². The second kappa shape index (κ2) is 7.83. The van der Waals surface area contributed by atoms with Crippen molar-refractivity contribution in [3.8, 4) is 0 Å². The van der Waals surface area contributed by atoms with Crippen molar-refractivity contribution in [2.45, 2.75) is 39.8 Å². The van der Waals surface area contributed by atoms with Gasteiger partial charge in [0.1, 0.15) is 6.04 Å². The van der Waals surface area contributed by atoms with Crippen molar-refractivity contribution < 1.29 is 4.79 Å². The van der Waals surface area contributed by atoms with Crippen LogP contribution in [0, 0.1) is 13.8 Å². The Kier molecular flexibility index (Phi) is 5.53. The number of aromatic nitrogens is 2. The van der Waals surface area contributed by atoms with Crippen molar-refractivity contribution in [1.82, 2.24) is 19.6 Å². The highest BCUT2D eigenvalue weighted by Crippen LogP contribution is 2.16. The molecule has 134 valence electrons. The van der Waals surface area contributed by atoms with Gasteiger partial charge in [-0.15, -0.1) is 0 Å². The van der Waals surface area contributed by atoms with Crippen LogP contribution in [0.2, 0.25) is 0 Å². The van der Waals surface area contributed by atoms with Gasteiger partial charge in [-0.1, -0.05) is 30.3 Å². The van der Waals surface area contributed by atoms with Gasteiger partial charge in [0, 0.05) is 38.4 Å². The average Bonchev–Trinajstić information content (AvgIpc) is 2.81. The van der Waals surface area contributed by atoms with Gasteiger partial charge in [0.2, 0.25) is 5.91 Å². The molecule has 0 bridgehead atoms. The molecule has 1 aromatic heterocycles. The van der Waals surface area contributed by atoms with E-state index in [-0.39, 0.29) is 11.9 Å². The molecule has 0 radical (unpaired) electrons. The molecule has 1 saturated heterocycles. The molecule has 0 saturated carbocycles. The first-order chi connectivity index (χ1) is 12.0. The van der Waals surface area contributed by atoms with E-state index in [0.29, 0.717) is 0 Å². The van der Waals surface area contributed by atoms with E-state index in [9.17, 15) is 4.79 Å². The molecule has 1 atom stereocenters. The fourth-order valence-corrected chi connectivity index (χ4v) is 3.60. The van der Waals surface area contributed by atoms with E-state index in [4.69, 9.17) is 0 Å². The molecular weight excluding hydrogens is 312 g/mol. The van der Waals surface area contributed by atoms with Crippen LogP contribution in [-0.2, 0) is 11.3 Å². The van der Waals surface area contributed by atoms with Crippen LogP contribution in [0.25, 0.3) is 0 Å². The fourth-order valence-electron chi connectivity index (χ4n) is 3.60. The minimum atomic E-state index is -0.241. The number of amides is 1. The third-order valence-electron chi connectivity index (χ3n) is 4.92. The summed E-state index contributed by atoms with van der Waals surface area (Å²) in [5.41, 5.74) is 3.33. The van der Waals surface area contributed by atoms with E-state index in [1.54, 1.807) is 0 Å². The predicted octanol–water partition coefficient (Wildman–Crippen LogP) is 2.80. The Morgan fingerprint density at radius 3 is 2.56 bits per heavy atom. The minimum absolute atomic E-state index is 0.174. The van der Waals surface area contributed by atoms with Gasteiger partial charge in [-0.25, -0.2) is 0 Å². The smallest absolute Gasteiger partial charge is 0.247 e. The molecule has 25 heavy (non-hydrogen) atoms. The van der Waals surface area contributed by atoms with E-state index in [0.717, 1.165) is 50.5 Å². The maximum atomic E-state index is 12.9. The third-order valence-corrected chi connectivity index (χ3v) is 4.92. The van der Waals surface area contributed by atoms with E-state index < -0.39 is 0 Å². The second-order valence-electron chi connectivity index (χ2n) is 6.99. The number of hydrogen-bond acceptors (Lipinski definition) is 3. The highest BCUT2D eigenvalue weighted by Gasteiger charge is 2.25. The zero-order valence-corrected chi connectivity index (χ0v) is 15.5. The molecule has 1 aromatic carbocycles. The number of rotatable bonds is 4. The quantitative estimate of drug-likeness (QED) is 0.859. The van der Waals surface area contributed by atoms with Gasteiger partial charge in [0.25, 0.3) is 0 Å². The van der Waals surface area contributed by atoms with E-state index in [1.807, 2.05) is 42.5 Å². The van der Waals surface area contributed by atoms with Crippen LogP contribution in [0.4, 0.5) is 0 Å². The number of carbonyl (C=O) groups is 1. The largest absolute Gasteiger partial charge is 0.340 e. The Morgan fingerprint density at radius 1 is 1.12 bits per heavy atom. The first-order valence-electron chi connectivity index (χ1n) is 9.12. The van der Waals surface area contributed by atoms with Gasteiger partial charge < -0.3 is 4.90 Å². The van der Waals surface area contributed by atoms with Gasteiger partial charge >= 0.3 is 0 Å². The molecule has 1 aliphatic rings. The highest BCUT2D eigenvalue weighted by molar-refractivity contribution is 5.80. The molecular formula is C20H28N4O. The van der Waals surface area contributed by atoms with Crippen LogP contribution in [-0.4, -0.2) is 51.7 Å². The van der Waals surface area contributed by atoms with Crippen molar-refractivity contribution >= 4 is 5.91 Å². The summed E-state index contributed by atoms with van der Waals surface area (Å²) >= 11 is 0. The van der Waals surface area contributed by atoms with E-state index in [1.165, 1.54) is 5.56 Å². The highest BCUT2D eigenvalue weighted by atomic mass is 16.2. The molecule has 5 heteroatoms. The van der Waals surface area contributed by atoms with E-state index in [2.05, 4.69) is 34.3 Å². The topological polar surface area (TPSA) is 41.4 Å². The van der Waals surface area contributed by atoms with Crippen LogP contribution in [0.15, 0.2) is 36.4 Å². The number of benzene rings is 1. The third kappa shape index (κ3) is 4.28. The van der Waals surface area contributed by atoms with Crippen molar-refractivity contribution in [2.75, 3.05) is 26.2 Å². The Morgan fingerprint density at radius 2 is 1.88 bits per heavy atom. The minimum Gasteiger partial charge on any atom is -0.340 e. The number of aryl methyl sites for hydroxylation is 2. The van der Waals surface area contributed by atoms with Gasteiger partial charge in [-0.3, -0.25) is 14.4 Å². The van der Waals surface area contributed by atoms with Gasteiger partial charge in [-0.2, -0.15) is 5.10 Å². The lowest BCUT2D eigenvalue weighted by molar-refractivity contribution is -0.134. The SMILES string of the molecule is Cc1cc(C)n([C@@H](C)C(=O)N2CCCN(Cc3ccccc3)CC2)n1. The zero-order valence-electron chi connectivity index (χ0n) is 15.5. The van der Waals surface area contributed by atoms with Crippen molar-refractivity contribution in [1.29, 1.82) is 0 Å². The summed E-state index contributed by atoms with van der Waals surface area (Å²) in [5.74, 6) is 0.174. The zero-order chi connectivity index (χ0) is 17.8. The Bertz CT molecular complexity index is 710. The summed E-state index contributed by atoms with van der Waals surface area (Å²) in [4.78, 5) is 17.4. The molecule has 3 rings (SSSR count). The lowest BCUT2D eigenvalue weighted by Gasteiger charge is -2.25. The molecule has 1 aliphatic heterocycles. The predicted molar refractivity (Wildman–Crippen MR) is 99.3 cm³/mol. The van der Waals surface area contributed by atoms with Gasteiger partial charge in [0.05, 0.1) is 5.69 Å². The molecule has 0 aliphatic carbocycles. The van der Waals surface area contributed by atoms with Crippen LogP contribution in [0.3, 0.4) is 0 Å². The lowest BCUT2D eigenvalue weighted by atomic mass is 10.2. The number of nitrogens with zero attached hydrogens (tertiary/aromatic N) is 4. The molecule has 1 amide bonds. The van der Waals surface area contributed by atoms with Crippen LogP contribution in [0.5, 0.6) is 0 Å². The summed E-state index contributed by atoms with van der Waals surface area (Å²) in [6, 6.07) is 12.3. The van der Waals surface area contributed by atoms with Crippen molar-refractivity contribution in [3.05, 3.63) is 53.3 Å². The Balaban J connectivity index is 1.60. The molecule has 2 aromatic rings. The van der Waals surface area contributed by atoms with Gasteiger partial charge in [-0.05, 0) is 38.8 Å². The standard InChI is InChI=1S/C20H28N4O/c1-16-14-17(2)24(21-16)18(3)20(25)23-11-7-10-22(12-13-23)15-19-8-5-4-6-9-19/h4-6,8-9,14,18H,7,10-13,15H2,1-3H3/t18-/m0/s1. The molecule has 0 unspecified atom stereocenters. The Labute approximate surface area is 150 Å². The summed E-state index contributed by atoms with van der Waals surface area (Å²) in [7, 11) is 0. The number of carbonyl (C=O) groups excluding carboxylic acids is 1. The van der Waals surface area contributed by atoms with Crippen LogP contribution >= 0.6 is 0 Å². The lowest BCUT2D eigenvalue weighted by Crippen LogP contribution is -2.39. The molecule has 5 nitrogen and oxygen atoms in total. The normalized spacial score (nSPS) is 17.3. The molecule has 0 spiro atoms. The average molecular weight is 340 g/mol. The van der Waals surface area contributed by atoms with Gasteiger partial charge in [0.15, 0.2) is 0 Å². The second-order valence-corrected chi connectivity index (χ2v) is 6.99. The summed E-state index contributed by atoms with van der Waals surface area (Å²) in [5, 5.41) is 4.48. The van der Waals surface area contributed by atoms with E-state index >= 15 is 0 Å². The Hall–Kier alpha value is -2.14. The maximum absolute atomic E-state index is 12.9. The first-order valence-corrected chi connectivity index (χ1v) is 9.12.